The van der Waals surface area contributed by atoms with Crippen LogP contribution in [0.4, 0.5) is 0 Å². The molecular weight excluding hydrogens is 216 g/mol. The molecule has 0 aliphatic carbocycles. The van der Waals surface area contributed by atoms with E-state index in [2.05, 4.69) is 0 Å². The first-order chi connectivity index (χ1) is 6.77. The molecule has 88 valence electrons. The Morgan fingerprint density at radius 2 is 2.07 bits per heavy atom. The molecule has 0 aliphatic heterocycles. The maximum absolute atomic E-state index is 8.80. The van der Waals surface area contributed by atoms with Gasteiger partial charge in [-0.1, -0.05) is 6.42 Å². The molecule has 1 aromatic heterocycles. The topological polar surface area (TPSA) is 85.4 Å². The zero-order valence-corrected chi connectivity index (χ0v) is 9.50. The average molecular weight is 235 g/mol. The zero-order chi connectivity index (χ0) is 10.4. The Kier molecular flexibility index (Phi) is 7.42. The third kappa shape index (κ3) is 4.66. The van der Waals surface area contributed by atoms with Crippen molar-refractivity contribution in [3.05, 3.63) is 23.7 Å². The highest BCUT2D eigenvalue weighted by atomic mass is 35.5. The van der Waals surface area contributed by atoms with Crippen molar-refractivity contribution in [3.8, 4) is 0 Å². The SMILES string of the molecule is Cl.NCCCC[C@H](N)c1ccc(CO)o1. The van der Waals surface area contributed by atoms with E-state index < -0.39 is 0 Å². The second kappa shape index (κ2) is 7.70. The molecule has 5 N–H and O–H groups in total. The van der Waals surface area contributed by atoms with Gasteiger partial charge in [-0.2, -0.15) is 0 Å². The first kappa shape index (κ1) is 14.5. The number of aliphatic hydroxyl groups excluding tert-OH is 1. The summed E-state index contributed by atoms with van der Waals surface area (Å²) in [6.45, 7) is 0.627. The molecule has 0 unspecified atom stereocenters. The molecule has 0 aromatic carbocycles. The van der Waals surface area contributed by atoms with Crippen molar-refractivity contribution in [1.82, 2.24) is 0 Å². The maximum Gasteiger partial charge on any atom is 0.129 e. The van der Waals surface area contributed by atoms with E-state index in [0.29, 0.717) is 12.3 Å². The van der Waals surface area contributed by atoms with Crippen molar-refractivity contribution in [2.75, 3.05) is 6.54 Å². The van der Waals surface area contributed by atoms with Crippen LogP contribution in [0.5, 0.6) is 0 Å². The van der Waals surface area contributed by atoms with Gasteiger partial charge < -0.3 is 21.0 Å². The molecule has 1 atom stereocenters. The van der Waals surface area contributed by atoms with E-state index in [1.165, 1.54) is 0 Å². The number of furan rings is 1. The lowest BCUT2D eigenvalue weighted by Crippen LogP contribution is -2.10. The molecule has 0 saturated heterocycles. The molecule has 5 heteroatoms. The van der Waals surface area contributed by atoms with Gasteiger partial charge in [0.25, 0.3) is 0 Å². The van der Waals surface area contributed by atoms with E-state index in [1.807, 2.05) is 6.07 Å². The van der Waals surface area contributed by atoms with Crippen LogP contribution in [-0.2, 0) is 6.61 Å². The van der Waals surface area contributed by atoms with Crippen LogP contribution in [0.15, 0.2) is 16.5 Å². The van der Waals surface area contributed by atoms with Crippen LogP contribution < -0.4 is 11.5 Å². The van der Waals surface area contributed by atoms with Gasteiger partial charge in [-0.15, -0.1) is 12.4 Å². The molecule has 0 fully saturated rings. The van der Waals surface area contributed by atoms with Crippen molar-refractivity contribution in [2.45, 2.75) is 31.9 Å². The molecule has 0 bridgehead atoms. The fourth-order valence-corrected chi connectivity index (χ4v) is 1.33. The fourth-order valence-electron chi connectivity index (χ4n) is 1.33. The maximum atomic E-state index is 8.80. The van der Waals surface area contributed by atoms with Gasteiger partial charge in [0.15, 0.2) is 0 Å². The number of aliphatic hydroxyl groups is 1. The lowest BCUT2D eigenvalue weighted by atomic mass is 10.1. The van der Waals surface area contributed by atoms with Crippen LogP contribution in [0.1, 0.15) is 36.8 Å². The minimum Gasteiger partial charge on any atom is -0.462 e. The molecule has 15 heavy (non-hydrogen) atoms. The van der Waals surface area contributed by atoms with E-state index in [1.54, 1.807) is 6.07 Å². The van der Waals surface area contributed by atoms with Crippen LogP contribution in [0.2, 0.25) is 0 Å². The predicted molar refractivity (Wildman–Crippen MR) is 61.7 cm³/mol. The molecule has 1 rings (SSSR count). The first-order valence-corrected chi connectivity index (χ1v) is 4.93. The summed E-state index contributed by atoms with van der Waals surface area (Å²) in [5.74, 6) is 1.31. The molecule has 0 radical (unpaired) electrons. The van der Waals surface area contributed by atoms with Gasteiger partial charge in [-0.3, -0.25) is 0 Å². The van der Waals surface area contributed by atoms with Crippen LogP contribution in [0.3, 0.4) is 0 Å². The van der Waals surface area contributed by atoms with Gasteiger partial charge in [0.05, 0.1) is 6.04 Å². The van der Waals surface area contributed by atoms with Crippen LogP contribution in [-0.4, -0.2) is 11.7 Å². The van der Waals surface area contributed by atoms with E-state index in [0.717, 1.165) is 25.0 Å². The minimum atomic E-state index is -0.0816. The van der Waals surface area contributed by atoms with Crippen molar-refractivity contribution in [1.29, 1.82) is 0 Å². The standard InChI is InChI=1S/C10H18N2O2.ClH/c11-6-2-1-3-9(12)10-5-4-8(7-13)14-10;/h4-5,9,13H,1-3,6-7,11-12H2;1H/t9-;/m0./s1. The lowest BCUT2D eigenvalue weighted by molar-refractivity contribution is 0.241. The molecule has 0 saturated carbocycles. The summed E-state index contributed by atoms with van der Waals surface area (Å²) in [5.41, 5.74) is 11.3. The van der Waals surface area contributed by atoms with Crippen LogP contribution >= 0.6 is 12.4 Å². The van der Waals surface area contributed by atoms with Crippen molar-refractivity contribution < 1.29 is 9.52 Å². The normalized spacial score (nSPS) is 12.2. The van der Waals surface area contributed by atoms with Crippen LogP contribution in [0.25, 0.3) is 0 Å². The van der Waals surface area contributed by atoms with E-state index in [9.17, 15) is 0 Å². The minimum absolute atomic E-state index is 0. The smallest absolute Gasteiger partial charge is 0.129 e. The Balaban J connectivity index is 0.00000196. The third-order valence-corrected chi connectivity index (χ3v) is 2.17. The second-order valence-electron chi connectivity index (χ2n) is 3.35. The predicted octanol–water partition coefficient (Wildman–Crippen LogP) is 1.32. The summed E-state index contributed by atoms with van der Waals surface area (Å²) in [6, 6.07) is 3.48. The molecule has 0 aliphatic rings. The summed E-state index contributed by atoms with van der Waals surface area (Å²) < 4.78 is 5.32. The molecule has 1 heterocycles. The Morgan fingerprint density at radius 1 is 1.33 bits per heavy atom. The van der Waals surface area contributed by atoms with Crippen molar-refractivity contribution in [3.63, 3.8) is 0 Å². The molecule has 1 aromatic rings. The summed E-state index contributed by atoms with van der Waals surface area (Å²) in [5, 5.41) is 8.80. The Bertz CT molecular complexity index is 266. The molecule has 0 spiro atoms. The van der Waals surface area contributed by atoms with Gasteiger partial charge in [-0.25, -0.2) is 0 Å². The highest BCUT2D eigenvalue weighted by Gasteiger charge is 2.09. The number of rotatable bonds is 6. The van der Waals surface area contributed by atoms with Crippen molar-refractivity contribution in [2.24, 2.45) is 11.5 Å². The monoisotopic (exact) mass is 234 g/mol. The summed E-state index contributed by atoms with van der Waals surface area (Å²) >= 11 is 0. The second-order valence-corrected chi connectivity index (χ2v) is 3.35. The highest BCUT2D eigenvalue weighted by Crippen LogP contribution is 2.19. The number of halogens is 1. The third-order valence-electron chi connectivity index (χ3n) is 2.17. The van der Waals surface area contributed by atoms with Gasteiger partial charge in [0, 0.05) is 0 Å². The van der Waals surface area contributed by atoms with E-state index in [-0.39, 0.29) is 25.1 Å². The zero-order valence-electron chi connectivity index (χ0n) is 8.69. The fraction of sp³-hybridized carbons (Fsp3) is 0.600. The average Bonchev–Trinajstić information content (AvgIpc) is 2.66. The van der Waals surface area contributed by atoms with Crippen molar-refractivity contribution >= 4 is 12.4 Å². The number of hydrogen-bond acceptors (Lipinski definition) is 4. The van der Waals surface area contributed by atoms with E-state index >= 15 is 0 Å². The van der Waals surface area contributed by atoms with Gasteiger partial charge >= 0.3 is 0 Å². The van der Waals surface area contributed by atoms with Gasteiger partial charge in [-0.05, 0) is 31.5 Å². The molecule has 0 amide bonds. The van der Waals surface area contributed by atoms with Gasteiger partial charge in [0.1, 0.15) is 18.1 Å². The quantitative estimate of drug-likeness (QED) is 0.648. The van der Waals surface area contributed by atoms with Crippen LogP contribution in [0, 0.1) is 0 Å². The summed E-state index contributed by atoms with van der Waals surface area (Å²) in [7, 11) is 0. The van der Waals surface area contributed by atoms with Gasteiger partial charge in [0.2, 0.25) is 0 Å². The Labute approximate surface area is 96.0 Å². The molecular formula is C10H19ClN2O2. The number of nitrogens with two attached hydrogens (primary N) is 2. The Morgan fingerprint density at radius 3 is 2.60 bits per heavy atom. The Hall–Kier alpha value is -0.550. The first-order valence-electron chi connectivity index (χ1n) is 4.93. The summed E-state index contributed by atoms with van der Waals surface area (Å²) in [4.78, 5) is 0. The summed E-state index contributed by atoms with van der Waals surface area (Å²) in [6.07, 6.45) is 2.86. The van der Waals surface area contributed by atoms with E-state index in [4.69, 9.17) is 21.0 Å². The largest absolute Gasteiger partial charge is 0.462 e. The lowest BCUT2D eigenvalue weighted by Gasteiger charge is -2.07. The number of unbranched alkanes of at least 4 members (excludes halogenated alkanes) is 1. The highest BCUT2D eigenvalue weighted by molar-refractivity contribution is 5.85. The molecule has 4 nitrogen and oxygen atoms in total. The number of hydrogen-bond donors (Lipinski definition) is 3.